The Morgan fingerprint density at radius 2 is 2.07 bits per heavy atom. The van der Waals surface area contributed by atoms with Crippen molar-refractivity contribution in [2.75, 3.05) is 0 Å². The van der Waals surface area contributed by atoms with Gasteiger partial charge < -0.3 is 5.73 Å². The molecule has 1 aromatic carbocycles. The van der Waals surface area contributed by atoms with Crippen LogP contribution in [0.5, 0.6) is 0 Å². The first kappa shape index (κ1) is 9.71. The molecule has 1 aliphatic heterocycles. The zero-order valence-electron chi connectivity index (χ0n) is 8.31. The Kier molecular flexibility index (Phi) is 2.41. The molecule has 0 unspecified atom stereocenters. The van der Waals surface area contributed by atoms with Crippen LogP contribution in [0, 0.1) is 5.41 Å². The molecule has 0 aliphatic carbocycles. The van der Waals surface area contributed by atoms with Crippen molar-refractivity contribution in [1.29, 1.82) is 5.41 Å². The Labute approximate surface area is 88.2 Å². The van der Waals surface area contributed by atoms with Crippen LogP contribution >= 0.6 is 0 Å². The number of nitrogens with two attached hydrogens (primary N) is 1. The number of hydrogen-bond acceptors (Lipinski definition) is 2. The van der Waals surface area contributed by atoms with E-state index >= 15 is 0 Å². The van der Waals surface area contributed by atoms with Gasteiger partial charge in [0.15, 0.2) is 0 Å². The summed E-state index contributed by atoms with van der Waals surface area (Å²) in [5.74, 6) is 0.316. The Balaban J connectivity index is 2.30. The van der Waals surface area contributed by atoms with Crippen LogP contribution in [0.2, 0.25) is 0 Å². The van der Waals surface area contributed by atoms with Crippen LogP contribution in [0.15, 0.2) is 30.3 Å². The van der Waals surface area contributed by atoms with E-state index in [1.54, 1.807) is 0 Å². The van der Waals surface area contributed by atoms with Gasteiger partial charge >= 0.3 is 6.03 Å². The fourth-order valence-electron chi connectivity index (χ4n) is 1.99. The number of nitrogens with one attached hydrogen (secondary N) is 1. The number of urea groups is 1. The van der Waals surface area contributed by atoms with E-state index in [1.807, 2.05) is 30.3 Å². The lowest BCUT2D eigenvalue weighted by molar-refractivity contribution is 0.221. The first-order valence-corrected chi connectivity index (χ1v) is 4.91. The number of carbonyl (C=O) groups excluding carboxylic acids is 1. The molecule has 2 amide bonds. The Morgan fingerprint density at radius 1 is 1.40 bits per heavy atom. The second-order valence-electron chi connectivity index (χ2n) is 3.62. The predicted octanol–water partition coefficient (Wildman–Crippen LogP) is 1.88. The molecule has 1 aliphatic rings. The van der Waals surface area contributed by atoms with Crippen LogP contribution in [-0.4, -0.2) is 16.8 Å². The second-order valence-corrected chi connectivity index (χ2v) is 3.62. The van der Waals surface area contributed by atoms with Crippen molar-refractivity contribution >= 4 is 11.9 Å². The third-order valence-electron chi connectivity index (χ3n) is 2.68. The molecule has 15 heavy (non-hydrogen) atoms. The quantitative estimate of drug-likeness (QED) is 0.718. The molecule has 4 nitrogen and oxygen atoms in total. The standard InChI is InChI=1S/C11H13N3O/c12-10-7-6-9(14(10)11(13)15)8-4-2-1-3-5-8/h1-5,9,12H,6-7H2,(H2,13,15)/t9-/m0/s1. The summed E-state index contributed by atoms with van der Waals surface area (Å²) in [6.07, 6.45) is 1.40. The molecular weight excluding hydrogens is 190 g/mol. The minimum absolute atomic E-state index is 0.0591. The van der Waals surface area contributed by atoms with Gasteiger partial charge in [-0.15, -0.1) is 0 Å². The van der Waals surface area contributed by atoms with Crippen molar-refractivity contribution < 1.29 is 4.79 Å². The first-order valence-electron chi connectivity index (χ1n) is 4.91. The highest BCUT2D eigenvalue weighted by atomic mass is 16.2. The zero-order chi connectivity index (χ0) is 10.8. The molecule has 0 spiro atoms. The van der Waals surface area contributed by atoms with Gasteiger partial charge in [0.1, 0.15) is 5.84 Å². The summed E-state index contributed by atoms with van der Waals surface area (Å²) in [4.78, 5) is 12.6. The molecule has 3 N–H and O–H groups in total. The molecule has 78 valence electrons. The first-order chi connectivity index (χ1) is 7.20. The van der Waals surface area contributed by atoms with Crippen molar-refractivity contribution in [3.63, 3.8) is 0 Å². The molecule has 1 aromatic rings. The number of benzene rings is 1. The van der Waals surface area contributed by atoms with Gasteiger partial charge in [0.25, 0.3) is 0 Å². The Morgan fingerprint density at radius 3 is 2.67 bits per heavy atom. The summed E-state index contributed by atoms with van der Waals surface area (Å²) in [6, 6.07) is 9.10. The number of rotatable bonds is 1. The normalized spacial score (nSPS) is 20.7. The van der Waals surface area contributed by atoms with Crippen LogP contribution in [0.1, 0.15) is 24.4 Å². The van der Waals surface area contributed by atoms with Crippen LogP contribution in [0.4, 0.5) is 4.79 Å². The van der Waals surface area contributed by atoms with E-state index in [0.717, 1.165) is 12.0 Å². The average Bonchev–Trinajstić information content (AvgIpc) is 2.61. The lowest BCUT2D eigenvalue weighted by Gasteiger charge is -2.22. The molecule has 0 radical (unpaired) electrons. The van der Waals surface area contributed by atoms with Crippen molar-refractivity contribution in [3.8, 4) is 0 Å². The van der Waals surface area contributed by atoms with E-state index in [-0.39, 0.29) is 6.04 Å². The number of primary amides is 1. The molecule has 0 saturated carbocycles. The number of amides is 2. The van der Waals surface area contributed by atoms with E-state index in [2.05, 4.69) is 0 Å². The average molecular weight is 203 g/mol. The van der Waals surface area contributed by atoms with E-state index < -0.39 is 6.03 Å². The van der Waals surface area contributed by atoms with Crippen molar-refractivity contribution in [1.82, 2.24) is 4.90 Å². The second kappa shape index (κ2) is 3.73. The molecule has 1 saturated heterocycles. The molecular formula is C11H13N3O. The number of hydrogen-bond donors (Lipinski definition) is 2. The molecule has 0 bridgehead atoms. The molecule has 1 atom stereocenters. The van der Waals surface area contributed by atoms with Crippen molar-refractivity contribution in [2.45, 2.75) is 18.9 Å². The Bertz CT molecular complexity index is 388. The summed E-state index contributed by atoms with van der Waals surface area (Å²) in [6.45, 7) is 0. The van der Waals surface area contributed by atoms with Gasteiger partial charge in [0.2, 0.25) is 0 Å². The third kappa shape index (κ3) is 1.70. The van der Waals surface area contributed by atoms with Crippen LogP contribution in [-0.2, 0) is 0 Å². The van der Waals surface area contributed by atoms with Crippen molar-refractivity contribution in [2.24, 2.45) is 5.73 Å². The maximum atomic E-state index is 11.2. The number of nitrogens with zero attached hydrogens (tertiary/aromatic N) is 1. The Hall–Kier alpha value is -1.84. The van der Waals surface area contributed by atoms with Gasteiger partial charge in [0, 0.05) is 6.42 Å². The molecule has 4 heteroatoms. The van der Waals surface area contributed by atoms with Crippen molar-refractivity contribution in [3.05, 3.63) is 35.9 Å². The maximum Gasteiger partial charge on any atom is 0.320 e. The lowest BCUT2D eigenvalue weighted by Crippen LogP contribution is -2.37. The van der Waals surface area contributed by atoms with E-state index in [9.17, 15) is 4.79 Å². The highest BCUT2D eigenvalue weighted by Gasteiger charge is 2.32. The molecule has 2 rings (SSSR count). The van der Waals surface area contributed by atoms with Crippen LogP contribution in [0.25, 0.3) is 0 Å². The minimum Gasteiger partial charge on any atom is -0.351 e. The summed E-state index contributed by atoms with van der Waals surface area (Å²) in [7, 11) is 0. The smallest absolute Gasteiger partial charge is 0.320 e. The van der Waals surface area contributed by atoms with Gasteiger partial charge in [-0.1, -0.05) is 30.3 Å². The highest BCUT2D eigenvalue weighted by Crippen LogP contribution is 2.32. The van der Waals surface area contributed by atoms with E-state index in [0.29, 0.717) is 12.3 Å². The predicted molar refractivity (Wildman–Crippen MR) is 57.6 cm³/mol. The lowest BCUT2D eigenvalue weighted by atomic mass is 10.1. The highest BCUT2D eigenvalue weighted by molar-refractivity contribution is 5.97. The fraction of sp³-hybridized carbons (Fsp3) is 0.273. The van der Waals surface area contributed by atoms with Crippen LogP contribution < -0.4 is 5.73 Å². The van der Waals surface area contributed by atoms with E-state index in [1.165, 1.54) is 4.90 Å². The van der Waals surface area contributed by atoms with E-state index in [4.69, 9.17) is 11.1 Å². The summed E-state index contributed by atoms with van der Waals surface area (Å²) < 4.78 is 0. The fourth-order valence-corrected chi connectivity index (χ4v) is 1.99. The summed E-state index contributed by atoms with van der Waals surface area (Å²) >= 11 is 0. The molecule has 1 heterocycles. The largest absolute Gasteiger partial charge is 0.351 e. The minimum atomic E-state index is -0.536. The number of likely N-dealkylation sites (tertiary alicyclic amines) is 1. The van der Waals surface area contributed by atoms with Crippen LogP contribution in [0.3, 0.4) is 0 Å². The van der Waals surface area contributed by atoms with Gasteiger partial charge in [-0.25, -0.2) is 4.79 Å². The third-order valence-corrected chi connectivity index (χ3v) is 2.68. The SMILES string of the molecule is N=C1CC[C@@H](c2ccccc2)N1C(N)=O. The number of carbonyl (C=O) groups is 1. The van der Waals surface area contributed by atoms with Gasteiger partial charge in [-0.2, -0.15) is 0 Å². The van der Waals surface area contributed by atoms with Gasteiger partial charge in [0.05, 0.1) is 6.04 Å². The maximum absolute atomic E-state index is 11.2. The topological polar surface area (TPSA) is 70.2 Å². The molecule has 1 fully saturated rings. The van der Waals surface area contributed by atoms with Gasteiger partial charge in [-0.05, 0) is 12.0 Å². The van der Waals surface area contributed by atoms with Gasteiger partial charge in [-0.3, -0.25) is 10.3 Å². The number of amidine groups is 1. The monoisotopic (exact) mass is 203 g/mol. The zero-order valence-corrected chi connectivity index (χ0v) is 8.31. The summed E-state index contributed by atoms with van der Waals surface area (Å²) in [5.41, 5.74) is 6.30. The molecule has 0 aromatic heterocycles. The summed E-state index contributed by atoms with van der Waals surface area (Å²) in [5, 5.41) is 7.64.